The monoisotopic (exact) mass is 315 g/mol. The van der Waals surface area contributed by atoms with Gasteiger partial charge in [0.05, 0.1) is 4.34 Å². The zero-order valence-corrected chi connectivity index (χ0v) is 13.4. The first-order valence-corrected chi connectivity index (χ1v) is 8.37. The van der Waals surface area contributed by atoms with E-state index >= 15 is 0 Å². The lowest BCUT2D eigenvalue weighted by Gasteiger charge is -2.31. The van der Waals surface area contributed by atoms with E-state index < -0.39 is 0 Å². The van der Waals surface area contributed by atoms with Crippen molar-refractivity contribution in [3.05, 3.63) is 21.3 Å². The van der Waals surface area contributed by atoms with Crippen molar-refractivity contribution in [2.24, 2.45) is 0 Å². The predicted octanol–water partition coefficient (Wildman–Crippen LogP) is 2.73. The van der Waals surface area contributed by atoms with Gasteiger partial charge in [-0.25, -0.2) is 4.79 Å². The number of halogens is 1. The molecule has 2 amide bonds. The Morgan fingerprint density at radius 3 is 2.80 bits per heavy atom. The Kier molecular flexibility index (Phi) is 6.13. The van der Waals surface area contributed by atoms with Crippen molar-refractivity contribution in [1.29, 1.82) is 0 Å². The van der Waals surface area contributed by atoms with Crippen LogP contribution in [0.5, 0.6) is 0 Å². The molecule has 0 saturated carbocycles. The van der Waals surface area contributed by atoms with Crippen LogP contribution < -0.4 is 10.6 Å². The second kappa shape index (κ2) is 7.86. The quantitative estimate of drug-likeness (QED) is 0.877. The summed E-state index contributed by atoms with van der Waals surface area (Å²) in [5, 5.41) is 5.97. The van der Waals surface area contributed by atoms with E-state index in [1.54, 1.807) is 11.3 Å². The van der Waals surface area contributed by atoms with Gasteiger partial charge in [-0.2, -0.15) is 0 Å². The summed E-state index contributed by atoms with van der Waals surface area (Å²) in [6, 6.07) is 4.16. The van der Waals surface area contributed by atoms with Crippen molar-refractivity contribution in [2.45, 2.75) is 32.2 Å². The summed E-state index contributed by atoms with van der Waals surface area (Å²) in [5.41, 5.74) is 0. The van der Waals surface area contributed by atoms with Gasteiger partial charge >= 0.3 is 6.03 Å². The molecule has 0 aromatic carbocycles. The molecule has 0 aliphatic carbocycles. The maximum absolute atomic E-state index is 11.8. The molecule has 0 bridgehead atoms. The minimum Gasteiger partial charge on any atom is -0.338 e. The zero-order chi connectivity index (χ0) is 14.4. The maximum atomic E-state index is 11.8. The normalized spacial score (nSPS) is 17.1. The van der Waals surface area contributed by atoms with Crippen molar-refractivity contribution in [1.82, 2.24) is 15.5 Å². The molecule has 20 heavy (non-hydrogen) atoms. The molecule has 2 N–H and O–H groups in total. The first-order valence-electron chi connectivity index (χ1n) is 7.18. The van der Waals surface area contributed by atoms with Crippen LogP contribution in [0.3, 0.4) is 0 Å². The minimum atomic E-state index is -0.0531. The van der Waals surface area contributed by atoms with E-state index in [-0.39, 0.29) is 6.03 Å². The van der Waals surface area contributed by atoms with Crippen LogP contribution in [-0.2, 0) is 6.42 Å². The van der Waals surface area contributed by atoms with Crippen molar-refractivity contribution < 1.29 is 4.79 Å². The van der Waals surface area contributed by atoms with Crippen LogP contribution >= 0.6 is 22.9 Å². The van der Waals surface area contributed by atoms with Gasteiger partial charge in [0.2, 0.25) is 0 Å². The summed E-state index contributed by atoms with van der Waals surface area (Å²) in [6.45, 7) is 6.08. The van der Waals surface area contributed by atoms with Crippen molar-refractivity contribution in [3.63, 3.8) is 0 Å². The lowest BCUT2D eigenvalue weighted by atomic mass is 10.1. The lowest BCUT2D eigenvalue weighted by Crippen LogP contribution is -2.48. The SMILES string of the molecule is CCN1CCC(NC(=O)NCCc2ccc(Cl)s2)CC1. The summed E-state index contributed by atoms with van der Waals surface area (Å²) < 4.78 is 0.798. The Labute approximate surface area is 129 Å². The summed E-state index contributed by atoms with van der Waals surface area (Å²) >= 11 is 7.44. The van der Waals surface area contributed by atoms with Gasteiger partial charge in [-0.1, -0.05) is 18.5 Å². The Morgan fingerprint density at radius 1 is 1.45 bits per heavy atom. The van der Waals surface area contributed by atoms with E-state index in [4.69, 9.17) is 11.6 Å². The number of carbonyl (C=O) groups excluding carboxylic acids is 1. The van der Waals surface area contributed by atoms with Crippen LogP contribution in [0.2, 0.25) is 4.34 Å². The third-order valence-electron chi connectivity index (χ3n) is 3.66. The van der Waals surface area contributed by atoms with Crippen LogP contribution in [-0.4, -0.2) is 43.2 Å². The first kappa shape index (κ1) is 15.6. The number of thiophene rings is 1. The molecule has 0 spiro atoms. The molecule has 1 saturated heterocycles. The van der Waals surface area contributed by atoms with E-state index in [1.165, 1.54) is 4.88 Å². The number of hydrogen-bond donors (Lipinski definition) is 2. The Bertz CT molecular complexity index is 430. The standard InChI is InChI=1S/C14H22ClN3OS/c1-2-18-9-6-11(7-10-18)17-14(19)16-8-5-12-3-4-13(15)20-12/h3-4,11H,2,5-10H2,1H3,(H2,16,17,19). The van der Waals surface area contributed by atoms with Gasteiger partial charge in [-0.3, -0.25) is 0 Å². The van der Waals surface area contributed by atoms with E-state index in [0.717, 1.165) is 43.2 Å². The molecule has 2 heterocycles. The highest BCUT2D eigenvalue weighted by molar-refractivity contribution is 7.16. The van der Waals surface area contributed by atoms with Gasteiger partial charge in [0, 0.05) is 30.6 Å². The fraction of sp³-hybridized carbons (Fsp3) is 0.643. The average molecular weight is 316 g/mol. The molecule has 0 unspecified atom stereocenters. The van der Waals surface area contributed by atoms with Crippen LogP contribution in [0, 0.1) is 0 Å². The van der Waals surface area contributed by atoms with Gasteiger partial charge in [-0.05, 0) is 37.9 Å². The van der Waals surface area contributed by atoms with Gasteiger partial charge in [0.15, 0.2) is 0 Å². The Morgan fingerprint density at radius 2 is 2.20 bits per heavy atom. The van der Waals surface area contributed by atoms with Crippen LogP contribution in [0.4, 0.5) is 4.79 Å². The van der Waals surface area contributed by atoms with Crippen molar-refractivity contribution >= 4 is 29.0 Å². The zero-order valence-electron chi connectivity index (χ0n) is 11.8. The Hall–Kier alpha value is -0.780. The lowest BCUT2D eigenvalue weighted by molar-refractivity contribution is 0.198. The summed E-state index contributed by atoms with van der Waals surface area (Å²) in [4.78, 5) is 15.4. The molecule has 112 valence electrons. The van der Waals surface area contributed by atoms with Crippen LogP contribution in [0.25, 0.3) is 0 Å². The van der Waals surface area contributed by atoms with Crippen molar-refractivity contribution in [3.8, 4) is 0 Å². The van der Waals surface area contributed by atoms with E-state index in [9.17, 15) is 4.79 Å². The fourth-order valence-corrected chi connectivity index (χ4v) is 3.50. The molecule has 1 aliphatic heterocycles. The predicted molar refractivity (Wildman–Crippen MR) is 84.7 cm³/mol. The largest absolute Gasteiger partial charge is 0.338 e. The van der Waals surface area contributed by atoms with E-state index in [1.807, 2.05) is 12.1 Å². The summed E-state index contributed by atoms with van der Waals surface area (Å²) in [5.74, 6) is 0. The van der Waals surface area contributed by atoms with E-state index in [0.29, 0.717) is 12.6 Å². The first-order chi connectivity index (χ1) is 9.67. The van der Waals surface area contributed by atoms with Gasteiger partial charge in [0.25, 0.3) is 0 Å². The third-order valence-corrected chi connectivity index (χ3v) is 4.95. The average Bonchev–Trinajstić information content (AvgIpc) is 2.85. The van der Waals surface area contributed by atoms with Gasteiger partial charge in [0.1, 0.15) is 0 Å². The number of nitrogens with one attached hydrogen (secondary N) is 2. The fourth-order valence-electron chi connectivity index (χ4n) is 2.42. The number of piperidine rings is 1. The topological polar surface area (TPSA) is 44.4 Å². The number of amides is 2. The number of nitrogens with zero attached hydrogens (tertiary/aromatic N) is 1. The van der Waals surface area contributed by atoms with Gasteiger partial charge < -0.3 is 15.5 Å². The van der Waals surface area contributed by atoms with E-state index in [2.05, 4.69) is 22.5 Å². The number of rotatable bonds is 5. The molecular weight excluding hydrogens is 294 g/mol. The van der Waals surface area contributed by atoms with Crippen molar-refractivity contribution in [2.75, 3.05) is 26.2 Å². The second-order valence-corrected chi connectivity index (χ2v) is 6.86. The molecule has 0 radical (unpaired) electrons. The number of urea groups is 1. The smallest absolute Gasteiger partial charge is 0.315 e. The molecule has 1 aromatic rings. The second-order valence-electron chi connectivity index (χ2n) is 5.06. The number of carbonyl (C=O) groups is 1. The summed E-state index contributed by atoms with van der Waals surface area (Å²) in [6.07, 6.45) is 2.92. The highest BCUT2D eigenvalue weighted by Crippen LogP contribution is 2.21. The molecule has 6 heteroatoms. The summed E-state index contributed by atoms with van der Waals surface area (Å²) in [7, 11) is 0. The maximum Gasteiger partial charge on any atom is 0.315 e. The number of likely N-dealkylation sites (tertiary alicyclic amines) is 1. The third kappa shape index (κ3) is 4.96. The molecule has 2 rings (SSSR count). The molecule has 0 atom stereocenters. The molecule has 1 aromatic heterocycles. The molecule has 1 fully saturated rings. The highest BCUT2D eigenvalue weighted by Gasteiger charge is 2.19. The minimum absolute atomic E-state index is 0.0531. The number of hydrogen-bond acceptors (Lipinski definition) is 3. The van der Waals surface area contributed by atoms with Crippen LogP contribution in [0.15, 0.2) is 12.1 Å². The molecular formula is C14H22ClN3OS. The molecule has 1 aliphatic rings. The Balaban J connectivity index is 1.61. The van der Waals surface area contributed by atoms with Gasteiger partial charge in [-0.15, -0.1) is 11.3 Å². The molecule has 4 nitrogen and oxygen atoms in total. The van der Waals surface area contributed by atoms with Crippen LogP contribution in [0.1, 0.15) is 24.6 Å². The highest BCUT2D eigenvalue weighted by atomic mass is 35.5.